The van der Waals surface area contributed by atoms with Gasteiger partial charge in [0.15, 0.2) is 0 Å². The summed E-state index contributed by atoms with van der Waals surface area (Å²) in [6.45, 7) is 11.5. The molecule has 0 spiro atoms. The molecule has 1 aromatic carbocycles. The fraction of sp³-hybridized carbons (Fsp3) is 0.643. The molecule has 0 aliphatic carbocycles. The van der Waals surface area contributed by atoms with Crippen LogP contribution in [0.4, 0.5) is 0 Å². The Labute approximate surface area is 231 Å². The predicted molar refractivity (Wildman–Crippen MR) is 148 cm³/mol. The van der Waals surface area contributed by atoms with Gasteiger partial charge >= 0.3 is 5.97 Å². The van der Waals surface area contributed by atoms with Gasteiger partial charge in [0.25, 0.3) is 0 Å². The molecule has 1 aliphatic heterocycles. The number of hydrogen-bond donors (Lipinski definition) is 6. The van der Waals surface area contributed by atoms with E-state index in [1.165, 1.54) is 17.0 Å². The number of phenolic OH excluding ortho intramolecular Hbond substituents is 1. The van der Waals surface area contributed by atoms with E-state index in [2.05, 4.69) is 21.3 Å². The molecule has 39 heavy (non-hydrogen) atoms. The number of rotatable bonds is 14. The van der Waals surface area contributed by atoms with Crippen molar-refractivity contribution in [2.75, 3.05) is 19.6 Å². The minimum absolute atomic E-state index is 0.0816. The first-order valence-corrected chi connectivity index (χ1v) is 13.6. The number of nitrogens with one attached hydrogen (secondary N) is 4. The second-order valence-corrected chi connectivity index (χ2v) is 11.5. The van der Waals surface area contributed by atoms with Gasteiger partial charge < -0.3 is 31.1 Å². The molecule has 1 aliphatic rings. The molecule has 1 fully saturated rings. The van der Waals surface area contributed by atoms with Crippen molar-refractivity contribution in [2.24, 2.45) is 11.3 Å². The number of piperazine rings is 1. The van der Waals surface area contributed by atoms with E-state index in [-0.39, 0.29) is 29.9 Å². The highest BCUT2D eigenvalue weighted by Crippen LogP contribution is 2.22. The number of carboxylic acid groups (broad SMARTS) is 1. The number of benzene rings is 1. The molecule has 1 aromatic rings. The van der Waals surface area contributed by atoms with Crippen LogP contribution in [0.2, 0.25) is 0 Å². The Morgan fingerprint density at radius 2 is 1.79 bits per heavy atom. The maximum Gasteiger partial charge on any atom is 0.326 e. The molecule has 6 N–H and O–H groups in total. The predicted octanol–water partition coefficient (Wildman–Crippen LogP) is 1.21. The minimum Gasteiger partial charge on any atom is -0.508 e. The van der Waals surface area contributed by atoms with Crippen molar-refractivity contribution in [1.29, 1.82) is 0 Å². The van der Waals surface area contributed by atoms with E-state index >= 15 is 0 Å². The lowest BCUT2D eigenvalue weighted by molar-refractivity contribution is -0.143. The maximum atomic E-state index is 13.8. The smallest absolute Gasteiger partial charge is 0.326 e. The normalized spacial score (nSPS) is 18.7. The molecule has 0 aromatic heterocycles. The monoisotopic (exact) mass is 547 g/mol. The molecule has 1 heterocycles. The van der Waals surface area contributed by atoms with Crippen LogP contribution in [0.15, 0.2) is 24.3 Å². The van der Waals surface area contributed by atoms with E-state index in [0.717, 1.165) is 12.1 Å². The van der Waals surface area contributed by atoms with Crippen LogP contribution in [-0.4, -0.2) is 83.2 Å². The first kappa shape index (κ1) is 32.0. The molecule has 218 valence electrons. The Morgan fingerprint density at radius 1 is 1.13 bits per heavy atom. The van der Waals surface area contributed by atoms with Crippen molar-refractivity contribution in [1.82, 2.24) is 26.2 Å². The lowest BCUT2D eigenvalue weighted by Gasteiger charge is -2.38. The van der Waals surface area contributed by atoms with E-state index in [0.29, 0.717) is 32.3 Å². The molecular formula is C28H45N5O6. The lowest BCUT2D eigenvalue weighted by atomic mass is 9.88. The number of amides is 3. The van der Waals surface area contributed by atoms with Crippen LogP contribution in [0, 0.1) is 11.3 Å². The van der Waals surface area contributed by atoms with Crippen LogP contribution < -0.4 is 21.3 Å². The molecule has 0 radical (unpaired) electrons. The van der Waals surface area contributed by atoms with Gasteiger partial charge in [-0.25, -0.2) is 4.79 Å². The van der Waals surface area contributed by atoms with Gasteiger partial charge in [-0.3, -0.25) is 19.7 Å². The Hall–Kier alpha value is -3.18. The molecule has 11 nitrogen and oxygen atoms in total. The molecule has 11 heteroatoms. The summed E-state index contributed by atoms with van der Waals surface area (Å²) < 4.78 is 0. The van der Waals surface area contributed by atoms with E-state index in [1.807, 2.05) is 34.6 Å². The molecule has 0 bridgehead atoms. The molecular weight excluding hydrogens is 502 g/mol. The number of aliphatic carboxylic acids is 1. The summed E-state index contributed by atoms with van der Waals surface area (Å²) in [6, 6.07) is 3.33. The lowest BCUT2D eigenvalue weighted by Crippen LogP contribution is -2.64. The first-order chi connectivity index (χ1) is 18.4. The summed E-state index contributed by atoms with van der Waals surface area (Å²) in [7, 11) is 0. The Kier molecular flexibility index (Phi) is 12.2. The zero-order chi connectivity index (χ0) is 29.2. The van der Waals surface area contributed by atoms with E-state index < -0.39 is 42.1 Å². The van der Waals surface area contributed by atoms with Crippen LogP contribution in [0.5, 0.6) is 5.75 Å². The second kappa shape index (κ2) is 14.8. The molecule has 5 atom stereocenters. The minimum atomic E-state index is -1.13. The molecule has 2 rings (SSSR count). The third-order valence-corrected chi connectivity index (χ3v) is 7.12. The zero-order valence-corrected chi connectivity index (χ0v) is 23.7. The number of aromatic hydroxyl groups is 1. The van der Waals surface area contributed by atoms with Gasteiger partial charge in [-0.15, -0.1) is 0 Å². The number of nitrogens with zero attached hydrogens (tertiary/aromatic N) is 1. The number of carboxylic acids is 1. The average molecular weight is 548 g/mol. The summed E-state index contributed by atoms with van der Waals surface area (Å²) in [5, 5.41) is 31.3. The molecule has 0 unspecified atom stereocenters. The largest absolute Gasteiger partial charge is 0.508 e. The van der Waals surface area contributed by atoms with Crippen molar-refractivity contribution >= 4 is 24.2 Å². The summed E-state index contributed by atoms with van der Waals surface area (Å²) in [4.78, 5) is 52.7. The second-order valence-electron chi connectivity index (χ2n) is 11.5. The van der Waals surface area contributed by atoms with Crippen LogP contribution >= 0.6 is 0 Å². The van der Waals surface area contributed by atoms with Gasteiger partial charge in [0.05, 0.1) is 6.17 Å². The van der Waals surface area contributed by atoms with Gasteiger partial charge in [0.2, 0.25) is 18.2 Å². The van der Waals surface area contributed by atoms with E-state index in [1.54, 1.807) is 12.1 Å². The highest BCUT2D eigenvalue weighted by Gasteiger charge is 2.36. The molecule has 3 amide bonds. The zero-order valence-electron chi connectivity index (χ0n) is 23.7. The van der Waals surface area contributed by atoms with Crippen molar-refractivity contribution in [3.63, 3.8) is 0 Å². The summed E-state index contributed by atoms with van der Waals surface area (Å²) in [5.41, 5.74) is 0.617. The van der Waals surface area contributed by atoms with E-state index in [4.69, 9.17) is 0 Å². The summed E-state index contributed by atoms with van der Waals surface area (Å²) in [6.07, 6.45) is 1.76. The number of hydrogen-bond acceptors (Lipinski definition) is 7. The topological polar surface area (TPSA) is 160 Å². The fourth-order valence-corrected chi connectivity index (χ4v) is 4.45. The van der Waals surface area contributed by atoms with Crippen molar-refractivity contribution in [2.45, 2.75) is 84.6 Å². The van der Waals surface area contributed by atoms with Gasteiger partial charge in [0.1, 0.15) is 23.9 Å². The highest BCUT2D eigenvalue weighted by atomic mass is 16.4. The fourth-order valence-electron chi connectivity index (χ4n) is 4.45. The summed E-state index contributed by atoms with van der Waals surface area (Å²) >= 11 is 0. The van der Waals surface area contributed by atoms with Crippen LogP contribution in [-0.2, 0) is 25.6 Å². The number of carbonyl (C=O) groups excluding carboxylic acids is 3. The van der Waals surface area contributed by atoms with Crippen LogP contribution in [0.3, 0.4) is 0 Å². The first-order valence-electron chi connectivity index (χ1n) is 13.6. The van der Waals surface area contributed by atoms with Crippen LogP contribution in [0.1, 0.15) is 59.4 Å². The third kappa shape index (κ3) is 10.1. The van der Waals surface area contributed by atoms with Crippen LogP contribution in [0.25, 0.3) is 0 Å². The highest BCUT2D eigenvalue weighted by molar-refractivity contribution is 5.92. The van der Waals surface area contributed by atoms with Gasteiger partial charge in [-0.2, -0.15) is 0 Å². The Balaban J connectivity index is 2.30. The van der Waals surface area contributed by atoms with Crippen molar-refractivity contribution in [3.8, 4) is 5.75 Å². The molecule has 1 saturated heterocycles. The van der Waals surface area contributed by atoms with Gasteiger partial charge in [-0.1, -0.05) is 53.2 Å². The number of phenols is 1. The Morgan fingerprint density at radius 3 is 2.31 bits per heavy atom. The van der Waals surface area contributed by atoms with Gasteiger partial charge in [0, 0.05) is 26.1 Å². The summed E-state index contributed by atoms with van der Waals surface area (Å²) in [5.74, 6) is -2.44. The Bertz CT molecular complexity index is 958. The third-order valence-electron chi connectivity index (χ3n) is 7.12. The van der Waals surface area contributed by atoms with Gasteiger partial charge in [-0.05, 0) is 41.9 Å². The SMILES string of the molecule is CC[C@H](C)[C@H](NC(=O)[C@H](Cc1ccc(O)cc1)N(C=O)[C@@H]1CNCCN1)C(=O)N[C@@H](CCC(C)(C)C)C(=O)O. The van der Waals surface area contributed by atoms with Crippen molar-refractivity contribution < 1.29 is 29.4 Å². The number of carbonyl (C=O) groups is 4. The quantitative estimate of drug-likeness (QED) is 0.190. The average Bonchev–Trinajstić information content (AvgIpc) is 2.89. The van der Waals surface area contributed by atoms with Crippen molar-refractivity contribution in [3.05, 3.63) is 29.8 Å². The van der Waals surface area contributed by atoms with E-state index in [9.17, 15) is 29.4 Å². The maximum absolute atomic E-state index is 13.8. The standard InChI is InChI=1S/C28H45N5O6/c1-6-18(2)24(26(37)31-21(27(38)39)11-12-28(3,4)5)32-25(36)22(15-19-7-9-20(35)10-8-19)33(17-34)23-16-29-13-14-30-23/h7-10,17-18,21-24,29-30,35H,6,11-16H2,1-5H3,(H,31,37)(H,32,36)(H,38,39)/t18-,21-,22-,23+,24-/m0/s1. The molecule has 0 saturated carbocycles.